The van der Waals surface area contributed by atoms with E-state index in [9.17, 15) is 4.79 Å². The van der Waals surface area contributed by atoms with Crippen molar-refractivity contribution in [3.05, 3.63) is 65.3 Å². The highest BCUT2D eigenvalue weighted by atomic mass is 35.5. The highest BCUT2D eigenvalue weighted by Gasteiger charge is 2.11. The third kappa shape index (κ3) is 4.50. The molecule has 2 aromatic carbocycles. The van der Waals surface area contributed by atoms with Gasteiger partial charge in [0.05, 0.1) is 12.8 Å². The summed E-state index contributed by atoms with van der Waals surface area (Å²) < 4.78 is 5.15. The van der Waals surface area contributed by atoms with Crippen LogP contribution in [0.1, 0.15) is 0 Å². The molecule has 0 saturated carbocycles. The fourth-order valence-corrected chi connectivity index (χ4v) is 2.01. The average Bonchev–Trinajstić information content (AvgIpc) is 2.56. The summed E-state index contributed by atoms with van der Waals surface area (Å²) in [6.07, 6.45) is 1.33. The van der Waals surface area contributed by atoms with Gasteiger partial charge in [0.1, 0.15) is 17.4 Å². The minimum atomic E-state index is -0.536. The summed E-state index contributed by atoms with van der Waals surface area (Å²) >= 11 is 5.88. The predicted octanol–water partition coefficient (Wildman–Crippen LogP) is 3.81. The number of amides is 1. The second kappa shape index (κ2) is 7.87. The monoisotopic (exact) mass is 327 g/mol. The first-order valence-corrected chi connectivity index (χ1v) is 7.08. The normalized spacial score (nSPS) is 10.6. The number of nitriles is 1. The molecular formula is C17H14ClN3O2. The van der Waals surface area contributed by atoms with Crippen LogP contribution in [0.15, 0.2) is 60.3 Å². The van der Waals surface area contributed by atoms with E-state index in [0.29, 0.717) is 22.1 Å². The summed E-state index contributed by atoms with van der Waals surface area (Å²) in [5.74, 6) is -0.0209. The molecule has 0 atom stereocenters. The van der Waals surface area contributed by atoms with Crippen LogP contribution in [-0.4, -0.2) is 13.0 Å². The lowest BCUT2D eigenvalue weighted by Gasteiger charge is -2.09. The Morgan fingerprint density at radius 1 is 1.26 bits per heavy atom. The molecule has 23 heavy (non-hydrogen) atoms. The molecule has 0 aliphatic carbocycles. The first kappa shape index (κ1) is 16.4. The molecule has 0 radical (unpaired) electrons. The minimum Gasteiger partial charge on any atom is -0.495 e. The topological polar surface area (TPSA) is 74.1 Å². The van der Waals surface area contributed by atoms with Gasteiger partial charge in [0, 0.05) is 16.9 Å². The summed E-state index contributed by atoms with van der Waals surface area (Å²) in [5.41, 5.74) is 1.09. The third-order valence-electron chi connectivity index (χ3n) is 2.93. The molecule has 0 bridgehead atoms. The van der Waals surface area contributed by atoms with Crippen LogP contribution in [0.3, 0.4) is 0 Å². The highest BCUT2D eigenvalue weighted by Crippen LogP contribution is 2.23. The van der Waals surface area contributed by atoms with Gasteiger partial charge in [-0.15, -0.1) is 0 Å². The Labute approximate surface area is 139 Å². The number of ether oxygens (including phenoxy) is 1. The number of nitrogens with one attached hydrogen (secondary N) is 2. The lowest BCUT2D eigenvalue weighted by molar-refractivity contribution is -0.112. The molecule has 0 heterocycles. The second-order valence-corrected chi connectivity index (χ2v) is 4.92. The van der Waals surface area contributed by atoms with E-state index in [1.165, 1.54) is 13.3 Å². The molecule has 1 amide bonds. The van der Waals surface area contributed by atoms with E-state index in [1.807, 2.05) is 6.07 Å². The quantitative estimate of drug-likeness (QED) is 0.647. The molecular weight excluding hydrogens is 314 g/mol. The zero-order chi connectivity index (χ0) is 16.7. The van der Waals surface area contributed by atoms with E-state index < -0.39 is 5.91 Å². The smallest absolute Gasteiger partial charge is 0.267 e. The van der Waals surface area contributed by atoms with Gasteiger partial charge in [0.15, 0.2) is 0 Å². The maximum Gasteiger partial charge on any atom is 0.267 e. The summed E-state index contributed by atoms with van der Waals surface area (Å²) in [5, 5.41) is 15.2. The lowest BCUT2D eigenvalue weighted by atomic mass is 10.2. The van der Waals surface area contributed by atoms with E-state index in [0.717, 1.165) is 0 Å². The minimum absolute atomic E-state index is 0.0733. The molecule has 5 nitrogen and oxygen atoms in total. The van der Waals surface area contributed by atoms with Gasteiger partial charge in [-0.05, 0) is 30.3 Å². The largest absolute Gasteiger partial charge is 0.495 e. The number of hydrogen-bond acceptors (Lipinski definition) is 4. The number of rotatable bonds is 5. The van der Waals surface area contributed by atoms with Crippen LogP contribution in [0.5, 0.6) is 5.75 Å². The average molecular weight is 328 g/mol. The van der Waals surface area contributed by atoms with Crippen molar-refractivity contribution < 1.29 is 9.53 Å². The van der Waals surface area contributed by atoms with Crippen LogP contribution in [0.2, 0.25) is 5.02 Å². The van der Waals surface area contributed by atoms with Gasteiger partial charge in [0.2, 0.25) is 0 Å². The SMILES string of the molecule is COc1ccccc1NC(=O)/C(C#N)=C\Nc1cccc(Cl)c1. The zero-order valence-corrected chi connectivity index (χ0v) is 13.1. The Kier molecular flexibility index (Phi) is 5.61. The van der Waals surface area contributed by atoms with E-state index in [1.54, 1.807) is 48.5 Å². The van der Waals surface area contributed by atoms with Crippen molar-refractivity contribution in [3.63, 3.8) is 0 Å². The lowest BCUT2D eigenvalue weighted by Crippen LogP contribution is -2.15. The van der Waals surface area contributed by atoms with Gasteiger partial charge in [-0.25, -0.2) is 0 Å². The van der Waals surface area contributed by atoms with Crippen molar-refractivity contribution in [2.75, 3.05) is 17.7 Å². The van der Waals surface area contributed by atoms with Crippen LogP contribution in [0.4, 0.5) is 11.4 Å². The Bertz CT molecular complexity index is 781. The molecule has 116 valence electrons. The molecule has 6 heteroatoms. The van der Waals surface area contributed by atoms with Gasteiger partial charge in [-0.2, -0.15) is 5.26 Å². The Morgan fingerprint density at radius 3 is 2.74 bits per heavy atom. The summed E-state index contributed by atoms with van der Waals surface area (Å²) in [6.45, 7) is 0. The molecule has 2 N–H and O–H groups in total. The van der Waals surface area contributed by atoms with Crippen LogP contribution < -0.4 is 15.4 Å². The van der Waals surface area contributed by atoms with Crippen LogP contribution in [0, 0.1) is 11.3 Å². The number of benzene rings is 2. The Balaban J connectivity index is 2.12. The van der Waals surface area contributed by atoms with Crippen molar-refractivity contribution >= 4 is 28.9 Å². The van der Waals surface area contributed by atoms with Crippen LogP contribution >= 0.6 is 11.6 Å². The predicted molar refractivity (Wildman–Crippen MR) is 90.4 cm³/mol. The van der Waals surface area contributed by atoms with E-state index in [2.05, 4.69) is 10.6 Å². The van der Waals surface area contributed by atoms with Gasteiger partial charge < -0.3 is 15.4 Å². The number of para-hydroxylation sites is 2. The number of carbonyl (C=O) groups excluding carboxylic acids is 1. The number of hydrogen-bond donors (Lipinski definition) is 2. The number of methoxy groups -OCH3 is 1. The Hall–Kier alpha value is -2.97. The molecule has 0 saturated heterocycles. The fourth-order valence-electron chi connectivity index (χ4n) is 1.82. The van der Waals surface area contributed by atoms with Gasteiger partial charge >= 0.3 is 0 Å². The number of anilines is 2. The molecule has 2 aromatic rings. The van der Waals surface area contributed by atoms with Crippen LogP contribution in [0.25, 0.3) is 0 Å². The molecule has 0 spiro atoms. The van der Waals surface area contributed by atoms with E-state index in [-0.39, 0.29) is 5.57 Å². The van der Waals surface area contributed by atoms with Crippen molar-refractivity contribution in [2.45, 2.75) is 0 Å². The molecule has 2 rings (SSSR count). The van der Waals surface area contributed by atoms with Crippen LogP contribution in [-0.2, 0) is 4.79 Å². The van der Waals surface area contributed by atoms with Gasteiger partial charge in [-0.1, -0.05) is 29.8 Å². The summed E-state index contributed by atoms with van der Waals surface area (Å²) in [6, 6.07) is 15.8. The third-order valence-corrected chi connectivity index (χ3v) is 3.16. The fraction of sp³-hybridized carbons (Fsp3) is 0.0588. The second-order valence-electron chi connectivity index (χ2n) is 4.48. The molecule has 0 unspecified atom stereocenters. The van der Waals surface area contributed by atoms with E-state index >= 15 is 0 Å². The number of carbonyl (C=O) groups is 1. The van der Waals surface area contributed by atoms with Crippen molar-refractivity contribution in [1.82, 2.24) is 0 Å². The van der Waals surface area contributed by atoms with Crippen molar-refractivity contribution in [3.8, 4) is 11.8 Å². The number of halogens is 1. The molecule has 0 aromatic heterocycles. The molecule has 0 aliphatic heterocycles. The van der Waals surface area contributed by atoms with Crippen molar-refractivity contribution in [2.24, 2.45) is 0 Å². The maximum atomic E-state index is 12.2. The van der Waals surface area contributed by atoms with E-state index in [4.69, 9.17) is 21.6 Å². The molecule has 0 fully saturated rings. The van der Waals surface area contributed by atoms with Crippen molar-refractivity contribution in [1.29, 1.82) is 5.26 Å². The number of nitrogens with zero attached hydrogens (tertiary/aromatic N) is 1. The van der Waals surface area contributed by atoms with Gasteiger partial charge in [-0.3, -0.25) is 4.79 Å². The standard InChI is InChI=1S/C17H14ClN3O2/c1-23-16-8-3-2-7-15(16)21-17(22)12(10-19)11-20-14-6-4-5-13(18)9-14/h2-9,11,20H,1H3,(H,21,22)/b12-11-. The zero-order valence-electron chi connectivity index (χ0n) is 12.3. The summed E-state index contributed by atoms with van der Waals surface area (Å²) in [4.78, 5) is 12.2. The molecule has 0 aliphatic rings. The first-order valence-electron chi connectivity index (χ1n) is 6.71. The summed E-state index contributed by atoms with van der Waals surface area (Å²) in [7, 11) is 1.51. The van der Waals surface area contributed by atoms with Gasteiger partial charge in [0.25, 0.3) is 5.91 Å². The Morgan fingerprint density at radius 2 is 2.04 bits per heavy atom. The highest BCUT2D eigenvalue weighted by molar-refractivity contribution is 6.30. The first-order chi connectivity index (χ1) is 11.1. The maximum absolute atomic E-state index is 12.2.